The molecular weight excluding hydrogens is 310 g/mol. The zero-order chi connectivity index (χ0) is 16.2. The van der Waals surface area contributed by atoms with E-state index >= 15 is 0 Å². The van der Waals surface area contributed by atoms with Gasteiger partial charge in [0.1, 0.15) is 0 Å². The summed E-state index contributed by atoms with van der Waals surface area (Å²) in [6.07, 6.45) is 5.02. The molecular formula is C18H26ClN3O. The van der Waals surface area contributed by atoms with E-state index in [1.54, 1.807) is 0 Å². The number of hydrogen-bond donors (Lipinski definition) is 2. The fourth-order valence-electron chi connectivity index (χ4n) is 3.76. The summed E-state index contributed by atoms with van der Waals surface area (Å²) in [4.78, 5) is 14.5. The van der Waals surface area contributed by atoms with Crippen molar-refractivity contribution < 1.29 is 4.79 Å². The lowest BCUT2D eigenvalue weighted by Gasteiger charge is -2.34. The fraction of sp³-hybridized carbons (Fsp3) is 0.611. The Morgan fingerprint density at radius 1 is 1.35 bits per heavy atom. The van der Waals surface area contributed by atoms with Crippen LogP contribution in [0.4, 0.5) is 5.69 Å². The molecule has 0 saturated carbocycles. The Morgan fingerprint density at radius 2 is 2.13 bits per heavy atom. The molecule has 0 bridgehead atoms. The van der Waals surface area contributed by atoms with Crippen molar-refractivity contribution in [3.05, 3.63) is 28.8 Å². The highest BCUT2D eigenvalue weighted by molar-refractivity contribution is 6.31. The van der Waals surface area contributed by atoms with Crippen LogP contribution in [0.2, 0.25) is 5.02 Å². The van der Waals surface area contributed by atoms with E-state index < -0.39 is 0 Å². The Bertz CT molecular complexity index is 549. The minimum absolute atomic E-state index is 0.0489. The zero-order valence-electron chi connectivity index (χ0n) is 13.8. The fourth-order valence-corrected chi connectivity index (χ4v) is 3.94. The van der Waals surface area contributed by atoms with E-state index in [0.717, 1.165) is 30.3 Å². The molecule has 2 aliphatic heterocycles. The van der Waals surface area contributed by atoms with E-state index in [-0.39, 0.29) is 5.91 Å². The number of carbonyl (C=O) groups is 1. The maximum atomic E-state index is 12.3. The van der Waals surface area contributed by atoms with Crippen molar-refractivity contribution in [3.8, 4) is 0 Å². The molecule has 2 N–H and O–H groups in total. The molecule has 2 aliphatic rings. The average Bonchev–Trinajstić information content (AvgIpc) is 3.07. The summed E-state index contributed by atoms with van der Waals surface area (Å²) in [5, 5.41) is 7.29. The van der Waals surface area contributed by atoms with Gasteiger partial charge in [-0.25, -0.2) is 0 Å². The summed E-state index contributed by atoms with van der Waals surface area (Å²) in [7, 11) is 0. The van der Waals surface area contributed by atoms with Gasteiger partial charge in [0.15, 0.2) is 0 Å². The van der Waals surface area contributed by atoms with Gasteiger partial charge in [-0.3, -0.25) is 9.69 Å². The monoisotopic (exact) mass is 335 g/mol. The van der Waals surface area contributed by atoms with Crippen molar-refractivity contribution in [3.63, 3.8) is 0 Å². The molecule has 1 atom stereocenters. The maximum Gasteiger partial charge on any atom is 0.238 e. The van der Waals surface area contributed by atoms with Gasteiger partial charge in [-0.1, -0.05) is 17.7 Å². The van der Waals surface area contributed by atoms with Crippen LogP contribution in [0.3, 0.4) is 0 Å². The molecule has 1 aromatic carbocycles. The van der Waals surface area contributed by atoms with Gasteiger partial charge in [-0.05, 0) is 75.9 Å². The molecule has 1 amide bonds. The Hall–Kier alpha value is -1.10. The summed E-state index contributed by atoms with van der Waals surface area (Å²) in [6.45, 7) is 5.61. The van der Waals surface area contributed by atoms with Gasteiger partial charge >= 0.3 is 0 Å². The van der Waals surface area contributed by atoms with Crippen LogP contribution >= 0.6 is 11.6 Å². The first-order valence-corrected chi connectivity index (χ1v) is 9.02. The molecule has 4 nitrogen and oxygen atoms in total. The predicted molar refractivity (Wildman–Crippen MR) is 95.0 cm³/mol. The number of amides is 1. The summed E-state index contributed by atoms with van der Waals surface area (Å²) < 4.78 is 0. The normalized spacial score (nSPS) is 23.1. The lowest BCUT2D eigenvalue weighted by molar-refractivity contribution is -0.117. The highest BCUT2D eigenvalue weighted by Gasteiger charge is 2.28. The molecule has 0 aromatic heterocycles. The van der Waals surface area contributed by atoms with Crippen molar-refractivity contribution in [1.82, 2.24) is 10.2 Å². The van der Waals surface area contributed by atoms with Crippen LogP contribution in [0, 0.1) is 12.8 Å². The molecule has 126 valence electrons. The number of halogens is 1. The number of hydrogen-bond acceptors (Lipinski definition) is 3. The number of likely N-dealkylation sites (tertiary alicyclic amines) is 1. The minimum Gasteiger partial charge on any atom is -0.325 e. The number of benzene rings is 1. The van der Waals surface area contributed by atoms with Crippen LogP contribution in [-0.4, -0.2) is 43.0 Å². The van der Waals surface area contributed by atoms with Crippen LogP contribution in [0.25, 0.3) is 0 Å². The summed E-state index contributed by atoms with van der Waals surface area (Å²) in [6, 6.07) is 6.32. The molecule has 2 heterocycles. The Kier molecular flexibility index (Phi) is 5.57. The number of rotatable bonds is 4. The molecule has 3 rings (SSSR count). The van der Waals surface area contributed by atoms with Gasteiger partial charge in [-0.15, -0.1) is 0 Å². The largest absolute Gasteiger partial charge is 0.325 e. The third-order valence-electron chi connectivity index (χ3n) is 5.21. The number of anilines is 1. The second-order valence-corrected chi connectivity index (χ2v) is 7.18. The Morgan fingerprint density at radius 3 is 2.83 bits per heavy atom. The quantitative estimate of drug-likeness (QED) is 0.889. The molecule has 0 radical (unpaired) electrons. The van der Waals surface area contributed by atoms with Gasteiger partial charge in [0, 0.05) is 16.8 Å². The minimum atomic E-state index is 0.0489. The third-order valence-corrected chi connectivity index (χ3v) is 5.62. The van der Waals surface area contributed by atoms with E-state index in [9.17, 15) is 4.79 Å². The van der Waals surface area contributed by atoms with Crippen LogP contribution in [-0.2, 0) is 4.79 Å². The second kappa shape index (κ2) is 7.65. The third kappa shape index (κ3) is 4.25. The van der Waals surface area contributed by atoms with E-state index in [1.807, 2.05) is 25.1 Å². The van der Waals surface area contributed by atoms with Crippen molar-refractivity contribution >= 4 is 23.2 Å². The van der Waals surface area contributed by atoms with E-state index in [2.05, 4.69) is 15.5 Å². The smallest absolute Gasteiger partial charge is 0.238 e. The highest BCUT2D eigenvalue weighted by Crippen LogP contribution is 2.26. The van der Waals surface area contributed by atoms with Gasteiger partial charge in [0.2, 0.25) is 5.91 Å². The van der Waals surface area contributed by atoms with Crippen molar-refractivity contribution in [2.45, 2.75) is 38.6 Å². The number of nitrogens with one attached hydrogen (secondary N) is 2. The SMILES string of the molecule is Cc1c(Cl)cccc1NC(=O)CN1CCC(C2CCCN2)CC1. The average molecular weight is 336 g/mol. The Labute approximate surface area is 143 Å². The first-order valence-electron chi connectivity index (χ1n) is 8.64. The van der Waals surface area contributed by atoms with Gasteiger partial charge in [0.05, 0.1) is 6.54 Å². The highest BCUT2D eigenvalue weighted by atomic mass is 35.5. The predicted octanol–water partition coefficient (Wildman–Crippen LogP) is 3.05. The van der Waals surface area contributed by atoms with Crippen molar-refractivity contribution in [2.75, 3.05) is 31.5 Å². The summed E-state index contributed by atoms with van der Waals surface area (Å²) in [5.74, 6) is 0.833. The van der Waals surface area contributed by atoms with Crippen molar-refractivity contribution in [1.29, 1.82) is 0 Å². The van der Waals surface area contributed by atoms with E-state index in [4.69, 9.17) is 11.6 Å². The number of nitrogens with zero attached hydrogens (tertiary/aromatic N) is 1. The lowest BCUT2D eigenvalue weighted by Crippen LogP contribution is -2.43. The molecule has 2 saturated heterocycles. The summed E-state index contributed by atoms with van der Waals surface area (Å²) in [5.41, 5.74) is 1.74. The van der Waals surface area contributed by atoms with Gasteiger partial charge in [-0.2, -0.15) is 0 Å². The molecule has 0 aliphatic carbocycles. The molecule has 23 heavy (non-hydrogen) atoms. The molecule has 5 heteroatoms. The second-order valence-electron chi connectivity index (χ2n) is 6.78. The standard InChI is InChI=1S/C18H26ClN3O/c1-13-15(19)4-2-5-16(13)21-18(23)12-22-10-7-14(8-11-22)17-6-3-9-20-17/h2,4-5,14,17,20H,3,6-12H2,1H3,(H,21,23). The van der Waals surface area contributed by atoms with Crippen LogP contribution < -0.4 is 10.6 Å². The first-order chi connectivity index (χ1) is 11.1. The van der Waals surface area contributed by atoms with Crippen LogP contribution in [0.1, 0.15) is 31.2 Å². The van der Waals surface area contributed by atoms with Gasteiger partial charge in [0.25, 0.3) is 0 Å². The summed E-state index contributed by atoms with van der Waals surface area (Å²) >= 11 is 6.10. The van der Waals surface area contributed by atoms with E-state index in [1.165, 1.54) is 32.2 Å². The molecule has 1 aromatic rings. The topological polar surface area (TPSA) is 44.4 Å². The lowest BCUT2D eigenvalue weighted by atomic mass is 9.88. The molecule has 2 fully saturated rings. The van der Waals surface area contributed by atoms with Crippen LogP contribution in [0.15, 0.2) is 18.2 Å². The zero-order valence-corrected chi connectivity index (χ0v) is 14.5. The number of piperidine rings is 1. The number of carbonyl (C=O) groups excluding carboxylic acids is 1. The van der Waals surface area contributed by atoms with E-state index in [0.29, 0.717) is 17.6 Å². The van der Waals surface area contributed by atoms with Gasteiger partial charge < -0.3 is 10.6 Å². The first kappa shape index (κ1) is 16.7. The maximum absolute atomic E-state index is 12.3. The van der Waals surface area contributed by atoms with Crippen molar-refractivity contribution in [2.24, 2.45) is 5.92 Å². The molecule has 0 spiro atoms. The Balaban J connectivity index is 1.46. The molecule has 1 unspecified atom stereocenters. The van der Waals surface area contributed by atoms with Crippen LogP contribution in [0.5, 0.6) is 0 Å².